The third-order valence-corrected chi connectivity index (χ3v) is 6.00. The molecule has 0 aliphatic carbocycles. The van der Waals surface area contributed by atoms with E-state index >= 15 is 0 Å². The topological polar surface area (TPSA) is 41.7 Å². The van der Waals surface area contributed by atoms with Crippen LogP contribution in [0.1, 0.15) is 46.0 Å². The summed E-state index contributed by atoms with van der Waals surface area (Å²) in [4.78, 5) is 5.35. The summed E-state index contributed by atoms with van der Waals surface area (Å²) >= 11 is 0. The van der Waals surface area contributed by atoms with Crippen molar-refractivity contribution >= 4 is 0 Å². The Labute approximate surface area is 123 Å². The Morgan fingerprint density at radius 3 is 2.40 bits per heavy atom. The van der Waals surface area contributed by atoms with Gasteiger partial charge in [0.1, 0.15) is 0 Å². The molecule has 0 saturated carbocycles. The third-order valence-electron chi connectivity index (χ3n) is 6.00. The molecule has 0 aromatic rings. The Balaban J connectivity index is 1.79. The molecule has 2 N–H and O–H groups in total. The van der Waals surface area contributed by atoms with Gasteiger partial charge in [-0.15, -0.1) is 0 Å². The van der Waals surface area contributed by atoms with Gasteiger partial charge in [0.2, 0.25) is 0 Å². The summed E-state index contributed by atoms with van der Waals surface area (Å²) in [6.45, 7) is 7.59. The van der Waals surface area contributed by atoms with Gasteiger partial charge in [0.15, 0.2) is 0 Å². The Morgan fingerprint density at radius 1 is 1.10 bits per heavy atom. The van der Waals surface area contributed by atoms with Crippen molar-refractivity contribution in [3.8, 4) is 0 Å². The second-order valence-electron chi connectivity index (χ2n) is 7.38. The molecule has 0 radical (unpaired) electrons. The van der Waals surface area contributed by atoms with Crippen LogP contribution < -0.4 is 5.73 Å². The first-order valence-electron chi connectivity index (χ1n) is 8.36. The molecule has 3 aliphatic heterocycles. The van der Waals surface area contributed by atoms with E-state index in [1.54, 1.807) is 0 Å². The third kappa shape index (κ3) is 2.52. The highest BCUT2D eigenvalue weighted by Crippen LogP contribution is 2.37. The number of rotatable bonds is 2. The first-order chi connectivity index (χ1) is 9.54. The van der Waals surface area contributed by atoms with Gasteiger partial charge in [-0.3, -0.25) is 9.80 Å². The average molecular weight is 281 g/mol. The van der Waals surface area contributed by atoms with Crippen LogP contribution in [0.25, 0.3) is 0 Å². The zero-order valence-electron chi connectivity index (χ0n) is 13.3. The molecule has 4 heteroatoms. The van der Waals surface area contributed by atoms with Crippen molar-refractivity contribution < 1.29 is 4.74 Å². The molecule has 0 spiro atoms. The Hall–Kier alpha value is -0.160. The molecule has 3 heterocycles. The number of nitrogens with zero attached hydrogens (tertiary/aromatic N) is 2. The van der Waals surface area contributed by atoms with Crippen molar-refractivity contribution in [2.45, 2.75) is 75.8 Å². The lowest BCUT2D eigenvalue weighted by molar-refractivity contribution is -0.104. The SMILES string of the molecule is CC1CC(CN)(N2CCC3CCC(C2)N3C)CC(C)O1. The van der Waals surface area contributed by atoms with Gasteiger partial charge in [-0.25, -0.2) is 0 Å². The number of hydrogen-bond acceptors (Lipinski definition) is 4. The van der Waals surface area contributed by atoms with E-state index in [9.17, 15) is 0 Å². The van der Waals surface area contributed by atoms with E-state index < -0.39 is 0 Å². The van der Waals surface area contributed by atoms with E-state index in [0.29, 0.717) is 12.2 Å². The summed E-state index contributed by atoms with van der Waals surface area (Å²) < 4.78 is 5.96. The molecule has 4 unspecified atom stereocenters. The van der Waals surface area contributed by atoms with Gasteiger partial charge in [0.05, 0.1) is 12.2 Å². The molecule has 4 atom stereocenters. The van der Waals surface area contributed by atoms with Gasteiger partial charge in [-0.05, 0) is 53.0 Å². The molecule has 3 rings (SSSR count). The molecule has 116 valence electrons. The van der Waals surface area contributed by atoms with Gasteiger partial charge in [0.25, 0.3) is 0 Å². The molecule has 2 bridgehead atoms. The Morgan fingerprint density at radius 2 is 1.75 bits per heavy atom. The van der Waals surface area contributed by atoms with Crippen LogP contribution in [0, 0.1) is 0 Å². The molecule has 4 nitrogen and oxygen atoms in total. The molecular weight excluding hydrogens is 250 g/mol. The summed E-state index contributed by atoms with van der Waals surface area (Å²) in [5.41, 5.74) is 6.44. The first-order valence-corrected chi connectivity index (χ1v) is 8.36. The van der Waals surface area contributed by atoms with Crippen molar-refractivity contribution in [1.82, 2.24) is 9.80 Å². The maximum Gasteiger partial charge on any atom is 0.0568 e. The van der Waals surface area contributed by atoms with E-state index in [0.717, 1.165) is 31.5 Å². The van der Waals surface area contributed by atoms with Crippen LogP contribution >= 0.6 is 0 Å². The minimum atomic E-state index is 0.169. The molecule has 0 aromatic carbocycles. The number of hydrogen-bond donors (Lipinski definition) is 1. The standard InChI is InChI=1S/C16H31N3O/c1-12-8-16(11-17,9-13(2)20-12)19-7-6-14-4-5-15(10-19)18(14)3/h12-15H,4-11,17H2,1-3H3. The molecule has 20 heavy (non-hydrogen) atoms. The highest BCUT2D eigenvalue weighted by Gasteiger charge is 2.45. The van der Waals surface area contributed by atoms with Crippen LogP contribution in [-0.4, -0.2) is 66.3 Å². The van der Waals surface area contributed by atoms with Crippen molar-refractivity contribution in [3.63, 3.8) is 0 Å². The number of likely N-dealkylation sites (tertiary alicyclic amines) is 1. The molecule has 0 aromatic heterocycles. The van der Waals surface area contributed by atoms with Gasteiger partial charge in [-0.1, -0.05) is 0 Å². The van der Waals surface area contributed by atoms with Crippen LogP contribution in [0.3, 0.4) is 0 Å². The molecule has 0 amide bonds. The second-order valence-corrected chi connectivity index (χ2v) is 7.38. The average Bonchev–Trinajstić information content (AvgIpc) is 2.61. The van der Waals surface area contributed by atoms with E-state index in [1.807, 2.05) is 0 Å². The number of fused-ring (bicyclic) bond motifs is 2. The van der Waals surface area contributed by atoms with Crippen LogP contribution in [0.15, 0.2) is 0 Å². The Kier molecular flexibility index (Phi) is 4.10. The van der Waals surface area contributed by atoms with Gasteiger partial charge in [-0.2, -0.15) is 0 Å². The van der Waals surface area contributed by atoms with Crippen LogP contribution in [0.2, 0.25) is 0 Å². The second kappa shape index (κ2) is 5.56. The van der Waals surface area contributed by atoms with Gasteiger partial charge in [0, 0.05) is 37.3 Å². The molecule has 3 fully saturated rings. The molecule has 3 saturated heterocycles. The summed E-state index contributed by atoms with van der Waals surface area (Å²) in [5, 5.41) is 0. The maximum atomic E-state index is 6.27. The predicted molar refractivity (Wildman–Crippen MR) is 81.8 cm³/mol. The van der Waals surface area contributed by atoms with Gasteiger partial charge < -0.3 is 10.5 Å². The zero-order chi connectivity index (χ0) is 14.3. The van der Waals surface area contributed by atoms with Gasteiger partial charge >= 0.3 is 0 Å². The Bertz CT molecular complexity index is 339. The smallest absolute Gasteiger partial charge is 0.0568 e. The first kappa shape index (κ1) is 14.8. The predicted octanol–water partition coefficient (Wildman–Crippen LogP) is 1.44. The van der Waals surface area contributed by atoms with E-state index in [2.05, 4.69) is 30.7 Å². The van der Waals surface area contributed by atoms with Crippen LogP contribution in [-0.2, 0) is 4.74 Å². The van der Waals surface area contributed by atoms with E-state index in [1.165, 1.54) is 32.4 Å². The minimum absolute atomic E-state index is 0.169. The summed E-state index contributed by atoms with van der Waals surface area (Å²) in [6.07, 6.45) is 6.91. The lowest BCUT2D eigenvalue weighted by Gasteiger charge is -2.50. The monoisotopic (exact) mass is 281 g/mol. The summed E-state index contributed by atoms with van der Waals surface area (Å²) in [7, 11) is 2.32. The highest BCUT2D eigenvalue weighted by atomic mass is 16.5. The van der Waals surface area contributed by atoms with Crippen LogP contribution in [0.4, 0.5) is 0 Å². The summed E-state index contributed by atoms with van der Waals surface area (Å²) in [5.74, 6) is 0. The number of nitrogens with two attached hydrogens (primary N) is 1. The summed E-state index contributed by atoms with van der Waals surface area (Å²) in [6, 6.07) is 1.54. The minimum Gasteiger partial charge on any atom is -0.375 e. The normalized spacial score (nSPS) is 47.4. The number of ether oxygens (including phenoxy) is 1. The fourth-order valence-corrected chi connectivity index (χ4v) is 4.94. The van der Waals surface area contributed by atoms with Crippen molar-refractivity contribution in [2.24, 2.45) is 5.73 Å². The van der Waals surface area contributed by atoms with E-state index in [4.69, 9.17) is 10.5 Å². The zero-order valence-corrected chi connectivity index (χ0v) is 13.3. The lowest BCUT2D eigenvalue weighted by Crippen LogP contribution is -2.61. The fraction of sp³-hybridized carbons (Fsp3) is 1.00. The fourth-order valence-electron chi connectivity index (χ4n) is 4.94. The van der Waals surface area contributed by atoms with Crippen LogP contribution in [0.5, 0.6) is 0 Å². The van der Waals surface area contributed by atoms with E-state index in [-0.39, 0.29) is 5.54 Å². The quantitative estimate of drug-likeness (QED) is 0.831. The van der Waals surface area contributed by atoms with Crippen molar-refractivity contribution in [1.29, 1.82) is 0 Å². The van der Waals surface area contributed by atoms with Crippen molar-refractivity contribution in [2.75, 3.05) is 26.7 Å². The highest BCUT2D eigenvalue weighted by molar-refractivity contribution is 5.02. The molecular formula is C16H31N3O. The number of likely N-dealkylation sites (N-methyl/N-ethyl adjacent to an activating group) is 1. The maximum absolute atomic E-state index is 6.27. The largest absolute Gasteiger partial charge is 0.375 e. The lowest BCUT2D eigenvalue weighted by atomic mass is 9.81. The molecule has 3 aliphatic rings. The van der Waals surface area contributed by atoms with Crippen molar-refractivity contribution in [3.05, 3.63) is 0 Å².